The van der Waals surface area contributed by atoms with Crippen molar-refractivity contribution in [2.45, 2.75) is 51.7 Å². The number of hydrogen-bond acceptors (Lipinski definition) is 4. The van der Waals surface area contributed by atoms with Crippen LogP contribution in [0, 0.1) is 0 Å². The topological polar surface area (TPSA) is 79.0 Å². The van der Waals surface area contributed by atoms with Crippen molar-refractivity contribution in [2.75, 3.05) is 26.2 Å². The maximum atomic E-state index is 13.0. The summed E-state index contributed by atoms with van der Waals surface area (Å²) >= 11 is 0. The van der Waals surface area contributed by atoms with Crippen molar-refractivity contribution in [1.82, 2.24) is 15.1 Å². The molecule has 152 valence electrons. The van der Waals surface area contributed by atoms with Crippen LogP contribution in [-0.2, 0) is 25.3 Å². The van der Waals surface area contributed by atoms with E-state index in [2.05, 4.69) is 26.1 Å². The van der Waals surface area contributed by atoms with Gasteiger partial charge in [0.1, 0.15) is 12.1 Å². The van der Waals surface area contributed by atoms with E-state index in [0.717, 1.165) is 10.5 Å². The molecule has 0 aromatic heterocycles. The molecule has 0 saturated carbocycles. The van der Waals surface area contributed by atoms with Crippen LogP contribution in [-0.4, -0.2) is 60.0 Å². The Hall–Kier alpha value is -2.41. The first-order valence-corrected chi connectivity index (χ1v) is 9.67. The van der Waals surface area contributed by atoms with Crippen LogP contribution in [0.15, 0.2) is 24.3 Å². The highest BCUT2D eigenvalue weighted by atomic mass is 16.5. The quantitative estimate of drug-likeness (QED) is 0.805. The number of benzene rings is 1. The highest BCUT2D eigenvalue weighted by molar-refractivity contribution is 6.09. The first-order chi connectivity index (χ1) is 13.0. The van der Waals surface area contributed by atoms with Gasteiger partial charge in [-0.15, -0.1) is 0 Å². The Morgan fingerprint density at radius 1 is 1.25 bits per heavy atom. The van der Waals surface area contributed by atoms with Crippen molar-refractivity contribution >= 4 is 17.8 Å². The summed E-state index contributed by atoms with van der Waals surface area (Å²) in [5.74, 6) is -0.651. The van der Waals surface area contributed by atoms with E-state index in [1.165, 1.54) is 0 Å². The van der Waals surface area contributed by atoms with Gasteiger partial charge in [-0.05, 0) is 30.4 Å². The molecule has 2 atom stereocenters. The Labute approximate surface area is 166 Å². The van der Waals surface area contributed by atoms with Crippen LogP contribution in [0.2, 0.25) is 0 Å². The monoisotopic (exact) mass is 387 g/mol. The molecule has 2 aliphatic heterocycles. The summed E-state index contributed by atoms with van der Waals surface area (Å²) in [5.41, 5.74) is 0.668. The van der Waals surface area contributed by atoms with Gasteiger partial charge in [0, 0.05) is 13.1 Å². The lowest BCUT2D eigenvalue weighted by Gasteiger charge is -2.32. The Bertz CT molecular complexity index is 784. The number of nitrogens with zero attached hydrogens (tertiary/aromatic N) is 2. The second kappa shape index (κ2) is 7.20. The van der Waals surface area contributed by atoms with Crippen molar-refractivity contribution in [3.8, 4) is 0 Å². The molecule has 7 heteroatoms. The minimum atomic E-state index is -1.17. The van der Waals surface area contributed by atoms with Gasteiger partial charge in [0.05, 0.1) is 12.7 Å². The molecule has 28 heavy (non-hydrogen) atoms. The number of nitrogens with one attached hydrogen (secondary N) is 1. The molecule has 0 bridgehead atoms. The second-order valence-corrected chi connectivity index (χ2v) is 8.79. The van der Waals surface area contributed by atoms with Crippen LogP contribution in [0.4, 0.5) is 4.79 Å². The highest BCUT2D eigenvalue weighted by Gasteiger charge is 2.49. The fourth-order valence-corrected chi connectivity index (χ4v) is 3.62. The van der Waals surface area contributed by atoms with Crippen molar-refractivity contribution in [3.05, 3.63) is 35.4 Å². The van der Waals surface area contributed by atoms with Gasteiger partial charge < -0.3 is 15.0 Å². The molecular formula is C21H29N3O4. The molecule has 2 unspecified atom stereocenters. The number of amides is 4. The molecule has 0 radical (unpaired) electrons. The predicted molar refractivity (Wildman–Crippen MR) is 105 cm³/mol. The van der Waals surface area contributed by atoms with E-state index in [-0.39, 0.29) is 24.0 Å². The molecule has 7 nitrogen and oxygen atoms in total. The number of imide groups is 1. The average Bonchev–Trinajstić information content (AvgIpc) is 2.85. The standard InChI is InChI=1S/C21H29N3O4/c1-14-12-23(10-11-28-14)17(25)13-24-18(26)21(5,22-19(24)27)16-8-6-15(7-9-16)20(2,3)4/h6-9,14H,10-13H2,1-5H3,(H,22,27). The van der Waals surface area contributed by atoms with Gasteiger partial charge in [-0.3, -0.25) is 14.5 Å². The molecule has 2 fully saturated rings. The zero-order valence-electron chi connectivity index (χ0n) is 17.2. The van der Waals surface area contributed by atoms with Gasteiger partial charge in [-0.25, -0.2) is 4.79 Å². The van der Waals surface area contributed by atoms with Gasteiger partial charge >= 0.3 is 6.03 Å². The summed E-state index contributed by atoms with van der Waals surface area (Å²) in [5, 5.41) is 2.76. The minimum Gasteiger partial charge on any atom is -0.375 e. The fraction of sp³-hybridized carbons (Fsp3) is 0.571. The van der Waals surface area contributed by atoms with E-state index in [0.29, 0.717) is 25.3 Å². The Balaban J connectivity index is 1.76. The van der Waals surface area contributed by atoms with Gasteiger partial charge in [0.25, 0.3) is 5.91 Å². The van der Waals surface area contributed by atoms with E-state index in [4.69, 9.17) is 4.74 Å². The van der Waals surface area contributed by atoms with Crippen molar-refractivity contribution in [3.63, 3.8) is 0 Å². The summed E-state index contributed by atoms with van der Waals surface area (Å²) in [4.78, 5) is 40.8. The Morgan fingerprint density at radius 3 is 2.46 bits per heavy atom. The van der Waals surface area contributed by atoms with E-state index >= 15 is 0 Å². The van der Waals surface area contributed by atoms with Crippen LogP contribution in [0.5, 0.6) is 0 Å². The normalized spacial score (nSPS) is 25.8. The SMILES string of the molecule is CC1CN(C(=O)CN2C(=O)NC(C)(c3ccc(C(C)(C)C)cc3)C2=O)CCO1. The minimum absolute atomic E-state index is 0.00385. The zero-order chi connectivity index (χ0) is 20.7. The second-order valence-electron chi connectivity index (χ2n) is 8.79. The largest absolute Gasteiger partial charge is 0.375 e. The number of morpholine rings is 1. The number of urea groups is 1. The molecular weight excluding hydrogens is 358 g/mol. The molecule has 1 N–H and O–H groups in total. The van der Waals surface area contributed by atoms with Crippen molar-refractivity contribution < 1.29 is 19.1 Å². The molecule has 2 saturated heterocycles. The average molecular weight is 387 g/mol. The third-order valence-electron chi connectivity index (χ3n) is 5.49. The summed E-state index contributed by atoms with van der Waals surface area (Å²) in [6.07, 6.45) is -0.0487. The predicted octanol–water partition coefficient (Wildman–Crippen LogP) is 2.00. The maximum absolute atomic E-state index is 13.0. The van der Waals surface area contributed by atoms with Gasteiger partial charge in [0.2, 0.25) is 5.91 Å². The maximum Gasteiger partial charge on any atom is 0.325 e. The fourth-order valence-electron chi connectivity index (χ4n) is 3.62. The Morgan fingerprint density at radius 2 is 1.89 bits per heavy atom. The molecule has 2 heterocycles. The molecule has 2 aliphatic rings. The number of ether oxygens (including phenoxy) is 1. The summed E-state index contributed by atoms with van der Waals surface area (Å²) < 4.78 is 5.44. The molecule has 3 rings (SSSR count). The van der Waals surface area contributed by atoms with Gasteiger partial charge in [0.15, 0.2) is 0 Å². The van der Waals surface area contributed by atoms with E-state index in [9.17, 15) is 14.4 Å². The zero-order valence-corrected chi connectivity index (χ0v) is 17.2. The summed E-state index contributed by atoms with van der Waals surface area (Å²) in [6, 6.07) is 7.15. The van der Waals surface area contributed by atoms with Crippen LogP contribution in [0.1, 0.15) is 45.7 Å². The van der Waals surface area contributed by atoms with E-state index in [1.807, 2.05) is 31.2 Å². The van der Waals surface area contributed by atoms with Gasteiger partial charge in [-0.1, -0.05) is 45.0 Å². The summed E-state index contributed by atoms with van der Waals surface area (Å²) in [7, 11) is 0. The third-order valence-corrected chi connectivity index (χ3v) is 5.49. The van der Waals surface area contributed by atoms with Gasteiger partial charge in [-0.2, -0.15) is 0 Å². The van der Waals surface area contributed by atoms with Crippen LogP contribution < -0.4 is 5.32 Å². The molecule has 1 aromatic carbocycles. The number of rotatable bonds is 3. The molecule has 0 aliphatic carbocycles. The molecule has 0 spiro atoms. The van der Waals surface area contributed by atoms with Crippen LogP contribution in [0.3, 0.4) is 0 Å². The van der Waals surface area contributed by atoms with E-state index < -0.39 is 17.5 Å². The number of carbonyl (C=O) groups excluding carboxylic acids is 3. The summed E-state index contributed by atoms with van der Waals surface area (Å²) in [6.45, 7) is 11.1. The van der Waals surface area contributed by atoms with Crippen LogP contribution in [0.25, 0.3) is 0 Å². The Kier molecular flexibility index (Phi) is 5.23. The van der Waals surface area contributed by atoms with Crippen molar-refractivity contribution in [2.24, 2.45) is 0 Å². The smallest absolute Gasteiger partial charge is 0.325 e. The molecule has 1 aromatic rings. The lowest BCUT2D eigenvalue weighted by molar-refractivity contribution is -0.143. The first kappa shape index (κ1) is 20.3. The molecule has 4 amide bonds. The third kappa shape index (κ3) is 3.76. The number of hydrogen-bond donors (Lipinski definition) is 1. The van der Waals surface area contributed by atoms with E-state index in [1.54, 1.807) is 11.8 Å². The van der Waals surface area contributed by atoms with Crippen molar-refractivity contribution in [1.29, 1.82) is 0 Å². The first-order valence-electron chi connectivity index (χ1n) is 9.67. The number of carbonyl (C=O) groups is 3. The van der Waals surface area contributed by atoms with Crippen LogP contribution >= 0.6 is 0 Å². The highest BCUT2D eigenvalue weighted by Crippen LogP contribution is 2.31. The lowest BCUT2D eigenvalue weighted by atomic mass is 9.84. The lowest BCUT2D eigenvalue weighted by Crippen LogP contribution is -2.49.